The van der Waals surface area contributed by atoms with Crippen LogP contribution in [0.25, 0.3) is 0 Å². The van der Waals surface area contributed by atoms with E-state index in [0.717, 1.165) is 12.1 Å². The van der Waals surface area contributed by atoms with Crippen LogP contribution in [0.2, 0.25) is 0 Å². The predicted molar refractivity (Wildman–Crippen MR) is 49.2 cm³/mol. The molecule has 0 unspecified atom stereocenters. The molecular weight excluding hydrogens is 234 g/mol. The topological polar surface area (TPSA) is 0 Å². The van der Waals surface area contributed by atoms with Crippen molar-refractivity contribution in [3.8, 4) is 0 Å². The van der Waals surface area contributed by atoms with Gasteiger partial charge in [0.1, 0.15) is 0 Å². The Morgan fingerprint density at radius 2 is 1.67 bits per heavy atom. The van der Waals surface area contributed by atoms with Gasteiger partial charge in [-0.3, -0.25) is 0 Å². The van der Waals surface area contributed by atoms with Gasteiger partial charge in [0.05, 0.1) is 5.82 Å². The first-order valence-electron chi connectivity index (χ1n) is 4.31. The Labute approximate surface area is 129 Å². The number of halogens is 4. The fraction of sp³-hybridized carbons (Fsp3) is 0.333. The number of hydrogen-bond donors (Lipinski definition) is 0. The minimum absolute atomic E-state index is 0. The van der Waals surface area contributed by atoms with Crippen LogP contribution in [0.3, 0.4) is 0 Å². The summed E-state index contributed by atoms with van der Waals surface area (Å²) in [6.07, 6.45) is 0. The monoisotopic (exact) mass is 244 g/mol. The van der Waals surface area contributed by atoms with Gasteiger partial charge < -0.3 is 12.9 Å². The van der Waals surface area contributed by atoms with E-state index in [4.69, 9.17) is 0 Å². The quantitative estimate of drug-likeness (QED) is 0.507. The van der Waals surface area contributed by atoms with E-state index in [2.05, 4.69) is 0 Å². The van der Waals surface area contributed by atoms with Gasteiger partial charge in [-0.15, -0.1) is 0 Å². The summed E-state index contributed by atoms with van der Waals surface area (Å²) < 4.78 is 49.6. The molecule has 0 fully saturated rings. The minimum atomic E-state index is -5.24. The molecule has 0 bridgehead atoms. The maximum atomic E-state index is 13.0. The van der Waals surface area contributed by atoms with Gasteiger partial charge in [-0.1, -0.05) is 31.4 Å². The smallest absolute Gasteiger partial charge is 0.445 e. The second-order valence-electron chi connectivity index (χ2n) is 3.51. The Bertz CT molecular complexity index is 335. The summed E-state index contributed by atoms with van der Waals surface area (Å²) in [7, 11) is 0. The van der Waals surface area contributed by atoms with Crippen molar-refractivity contribution in [2.45, 2.75) is 19.8 Å². The maximum absolute atomic E-state index is 13.0. The van der Waals surface area contributed by atoms with Crippen LogP contribution in [0, 0.1) is 5.82 Å². The molecule has 0 spiro atoms. The molecule has 0 N–H and O–H groups in total. The van der Waals surface area contributed by atoms with Crippen molar-refractivity contribution in [3.63, 3.8) is 0 Å². The molecule has 15 heavy (non-hydrogen) atoms. The van der Waals surface area contributed by atoms with Gasteiger partial charge in [0.15, 0.2) is 0 Å². The number of hydrogen-bond acceptors (Lipinski definition) is 0. The molecule has 0 aromatic heterocycles. The second kappa shape index (κ2) is 5.82. The third-order valence-electron chi connectivity index (χ3n) is 2.04. The van der Waals surface area contributed by atoms with E-state index in [1.807, 2.05) is 0 Å². The fourth-order valence-electron chi connectivity index (χ4n) is 1.17. The van der Waals surface area contributed by atoms with Crippen molar-refractivity contribution >= 4 is 12.4 Å². The first-order valence-corrected chi connectivity index (χ1v) is 4.31. The van der Waals surface area contributed by atoms with Gasteiger partial charge >= 0.3 is 58.4 Å². The van der Waals surface area contributed by atoms with Gasteiger partial charge in [0.2, 0.25) is 0 Å². The van der Waals surface area contributed by atoms with Crippen molar-refractivity contribution in [2.75, 3.05) is 0 Å². The van der Waals surface area contributed by atoms with Crippen molar-refractivity contribution in [1.29, 1.82) is 0 Å². The van der Waals surface area contributed by atoms with Crippen LogP contribution in [0.4, 0.5) is 17.3 Å². The van der Waals surface area contributed by atoms with E-state index in [1.54, 1.807) is 13.8 Å². The first-order chi connectivity index (χ1) is 6.32. The maximum Gasteiger partial charge on any atom is 1.00 e. The molecule has 0 aliphatic rings. The summed E-state index contributed by atoms with van der Waals surface area (Å²) in [6, 6.07) is 3.08. The normalized spacial score (nSPS) is 11.4. The van der Waals surface area contributed by atoms with Crippen molar-refractivity contribution in [2.24, 2.45) is 0 Å². The third-order valence-corrected chi connectivity index (χ3v) is 2.04. The zero-order valence-corrected chi connectivity index (χ0v) is 12.0. The largest absolute Gasteiger partial charge is 1.00 e. The zero-order valence-electron chi connectivity index (χ0n) is 8.90. The van der Waals surface area contributed by atoms with Gasteiger partial charge in [0, 0.05) is 0 Å². The zero-order chi connectivity index (χ0) is 10.9. The van der Waals surface area contributed by atoms with Crippen LogP contribution >= 0.6 is 0 Å². The number of benzene rings is 1. The molecule has 78 valence electrons. The van der Waals surface area contributed by atoms with Gasteiger partial charge in [-0.05, 0) is 17.5 Å². The molecule has 0 saturated carbocycles. The second-order valence-corrected chi connectivity index (χ2v) is 3.51. The minimum Gasteiger partial charge on any atom is -0.445 e. The van der Waals surface area contributed by atoms with Gasteiger partial charge in [-0.25, -0.2) is 4.39 Å². The summed E-state index contributed by atoms with van der Waals surface area (Å²) >= 11 is 0. The molecule has 6 heteroatoms. The molecule has 0 nitrogen and oxygen atoms in total. The predicted octanol–water partition coefficient (Wildman–Crippen LogP) is 0.00750. The van der Waals surface area contributed by atoms with Crippen LogP contribution in [-0.4, -0.2) is 6.98 Å². The summed E-state index contributed by atoms with van der Waals surface area (Å²) in [5.41, 5.74) is -0.569. The molecule has 0 heterocycles. The van der Waals surface area contributed by atoms with Crippen LogP contribution in [-0.2, 0) is 0 Å². The van der Waals surface area contributed by atoms with E-state index in [-0.39, 0.29) is 57.3 Å². The summed E-state index contributed by atoms with van der Waals surface area (Å²) in [4.78, 5) is 0. The average molecular weight is 244 g/mol. The Morgan fingerprint density at radius 1 is 1.13 bits per heavy atom. The molecular formula is C9H10BF4K. The van der Waals surface area contributed by atoms with Crippen molar-refractivity contribution in [3.05, 3.63) is 29.6 Å². The molecule has 0 aliphatic carbocycles. The van der Waals surface area contributed by atoms with E-state index in [1.165, 1.54) is 6.07 Å². The Kier molecular flexibility index (Phi) is 6.07. The van der Waals surface area contributed by atoms with E-state index >= 15 is 0 Å². The molecule has 0 aliphatic heterocycles. The van der Waals surface area contributed by atoms with Gasteiger partial charge in [0.25, 0.3) is 0 Å². The number of rotatable bonds is 2. The Balaban J connectivity index is 0.00000196. The molecule has 0 radical (unpaired) electrons. The van der Waals surface area contributed by atoms with Crippen LogP contribution in [0.5, 0.6) is 0 Å². The molecule has 0 saturated heterocycles. The SMILES string of the molecule is CC(C)c1ccc([B-](F)(F)F)c(F)c1.[K+]. The van der Waals surface area contributed by atoms with Gasteiger partial charge in [-0.2, -0.15) is 0 Å². The van der Waals surface area contributed by atoms with Crippen LogP contribution in [0.1, 0.15) is 25.3 Å². The van der Waals surface area contributed by atoms with E-state index < -0.39 is 18.3 Å². The molecule has 1 aromatic carbocycles. The average Bonchev–Trinajstić information content (AvgIpc) is 2.01. The standard InChI is InChI=1S/C9H10BF4.K/c1-6(2)7-3-4-8(9(11)5-7)10(12,13)14;/h3-6H,1-2H3;/q-1;+1. The Morgan fingerprint density at radius 3 is 2.00 bits per heavy atom. The molecule has 1 aromatic rings. The summed E-state index contributed by atoms with van der Waals surface area (Å²) in [5, 5.41) is 0. The Hall–Kier alpha value is 0.641. The van der Waals surface area contributed by atoms with E-state index in [9.17, 15) is 17.3 Å². The van der Waals surface area contributed by atoms with Crippen molar-refractivity contribution in [1.82, 2.24) is 0 Å². The van der Waals surface area contributed by atoms with E-state index in [0.29, 0.717) is 5.56 Å². The summed E-state index contributed by atoms with van der Waals surface area (Å²) in [5.74, 6) is -1.15. The summed E-state index contributed by atoms with van der Waals surface area (Å²) in [6.45, 7) is -1.64. The van der Waals surface area contributed by atoms with Crippen molar-refractivity contribution < 1.29 is 68.7 Å². The molecule has 0 atom stereocenters. The first kappa shape index (κ1) is 15.6. The third kappa shape index (κ3) is 4.19. The molecule has 1 rings (SSSR count). The fourth-order valence-corrected chi connectivity index (χ4v) is 1.17. The van der Waals surface area contributed by atoms with Crippen LogP contribution < -0.4 is 56.8 Å². The molecule has 0 amide bonds. The van der Waals surface area contributed by atoms with Crippen LogP contribution in [0.15, 0.2) is 18.2 Å².